The molecule has 0 atom stereocenters. The van der Waals surface area contributed by atoms with E-state index in [1.54, 1.807) is 0 Å². The van der Waals surface area contributed by atoms with Crippen molar-refractivity contribution in [2.75, 3.05) is 0 Å². The Morgan fingerprint density at radius 1 is 0.778 bits per heavy atom. The van der Waals surface area contributed by atoms with Gasteiger partial charge < -0.3 is 4.79 Å². The van der Waals surface area contributed by atoms with Crippen LogP contribution >= 0.6 is 0 Å². The molecule has 0 aliphatic carbocycles. The van der Waals surface area contributed by atoms with Crippen LogP contribution in [-0.2, 0) is 15.4 Å². The highest BCUT2D eigenvalue weighted by Gasteiger charge is 2.17. The van der Waals surface area contributed by atoms with Crippen molar-refractivity contribution < 1.29 is 4.79 Å². The van der Waals surface area contributed by atoms with Gasteiger partial charge in [0.1, 0.15) is 6.29 Å². The zero-order valence-corrected chi connectivity index (χ0v) is 11.6. The first-order valence-corrected chi connectivity index (χ1v) is 8.85. The summed E-state index contributed by atoms with van der Waals surface area (Å²) in [7, 11) is 0. The SMILES string of the molecule is O=C[CH2][Al]([CH2]c1ccccc1)[CH2]c1ccccc1. The van der Waals surface area contributed by atoms with E-state index in [4.69, 9.17) is 0 Å². The first kappa shape index (κ1) is 13.1. The smallest absolute Gasteiger partial charge is 0.281 e. The molecule has 1 nitrogen and oxygen atoms in total. The Labute approximate surface area is 113 Å². The van der Waals surface area contributed by atoms with Gasteiger partial charge in [-0.3, -0.25) is 0 Å². The van der Waals surface area contributed by atoms with Crippen molar-refractivity contribution in [3.8, 4) is 0 Å². The molecule has 0 aliphatic heterocycles. The Balaban J connectivity index is 2.02. The molecule has 0 fully saturated rings. The van der Waals surface area contributed by atoms with Gasteiger partial charge in [0.15, 0.2) is 0 Å². The maximum absolute atomic E-state index is 10.8. The van der Waals surface area contributed by atoms with E-state index < -0.39 is 14.1 Å². The summed E-state index contributed by atoms with van der Waals surface area (Å²) >= 11 is -1.06. The second-order valence-corrected chi connectivity index (χ2v) is 7.67. The number of hydrogen-bond donors (Lipinski definition) is 0. The predicted molar refractivity (Wildman–Crippen MR) is 76.9 cm³/mol. The number of benzene rings is 2. The van der Waals surface area contributed by atoms with E-state index >= 15 is 0 Å². The Kier molecular flexibility index (Phi) is 5.20. The molecule has 0 saturated heterocycles. The van der Waals surface area contributed by atoms with Gasteiger partial charge in [0.2, 0.25) is 0 Å². The van der Waals surface area contributed by atoms with Crippen molar-refractivity contribution in [1.29, 1.82) is 0 Å². The third kappa shape index (κ3) is 4.14. The lowest BCUT2D eigenvalue weighted by molar-refractivity contribution is -0.106. The van der Waals surface area contributed by atoms with E-state index in [2.05, 4.69) is 48.5 Å². The highest BCUT2D eigenvalue weighted by Crippen LogP contribution is 2.10. The highest BCUT2D eigenvalue weighted by molar-refractivity contribution is 6.60. The number of carbonyl (C=O) groups is 1. The summed E-state index contributed by atoms with van der Waals surface area (Å²) in [5, 5.41) is 2.98. The van der Waals surface area contributed by atoms with Crippen LogP contribution in [-0.4, -0.2) is 20.4 Å². The molecule has 0 heterocycles. The van der Waals surface area contributed by atoms with Crippen LogP contribution in [0, 0.1) is 0 Å². The number of rotatable bonds is 6. The molecule has 2 rings (SSSR count). The second kappa shape index (κ2) is 7.16. The van der Waals surface area contributed by atoms with Crippen LogP contribution in [0.15, 0.2) is 60.7 Å². The predicted octanol–water partition coefficient (Wildman–Crippen LogP) is 3.24. The van der Waals surface area contributed by atoms with Crippen LogP contribution < -0.4 is 0 Å². The lowest BCUT2D eigenvalue weighted by Gasteiger charge is -2.09. The van der Waals surface area contributed by atoms with Gasteiger partial charge in [-0.05, 0) is 5.28 Å². The van der Waals surface area contributed by atoms with Crippen molar-refractivity contribution >= 4 is 20.4 Å². The van der Waals surface area contributed by atoms with Crippen molar-refractivity contribution in [2.24, 2.45) is 0 Å². The normalized spacial score (nSPS) is 10.0. The van der Waals surface area contributed by atoms with Crippen LogP contribution in [0.1, 0.15) is 11.1 Å². The molecule has 0 N–H and O–H groups in total. The van der Waals surface area contributed by atoms with Gasteiger partial charge in [0, 0.05) is 0 Å². The number of aldehydes is 1. The Morgan fingerprint density at radius 2 is 1.22 bits per heavy atom. The minimum atomic E-state index is -1.06. The fourth-order valence-corrected chi connectivity index (χ4v) is 4.90. The van der Waals surface area contributed by atoms with Crippen molar-refractivity contribution in [1.82, 2.24) is 0 Å². The van der Waals surface area contributed by atoms with E-state index in [0.717, 1.165) is 22.1 Å². The summed E-state index contributed by atoms with van der Waals surface area (Å²) in [6.07, 6.45) is 1.10. The molecule has 0 aliphatic rings. The van der Waals surface area contributed by atoms with Gasteiger partial charge in [0.05, 0.1) is 0 Å². The summed E-state index contributed by atoms with van der Waals surface area (Å²) in [6.45, 7) is 0. The van der Waals surface area contributed by atoms with Gasteiger partial charge in [-0.15, -0.1) is 0 Å². The fourth-order valence-electron chi connectivity index (χ4n) is 2.27. The minimum absolute atomic E-state index is 0.768. The van der Waals surface area contributed by atoms with E-state index in [0.29, 0.717) is 0 Å². The van der Waals surface area contributed by atoms with Gasteiger partial charge in [-0.1, -0.05) is 82.4 Å². The largest absolute Gasteiger partial charge is 0.305 e. The molecule has 18 heavy (non-hydrogen) atoms. The third-order valence-corrected chi connectivity index (χ3v) is 6.12. The van der Waals surface area contributed by atoms with E-state index in [9.17, 15) is 4.79 Å². The maximum Gasteiger partial charge on any atom is 0.281 e. The molecular weight excluding hydrogens is 235 g/mol. The van der Waals surface area contributed by atoms with E-state index in [-0.39, 0.29) is 0 Å². The molecule has 0 unspecified atom stereocenters. The van der Waals surface area contributed by atoms with Crippen LogP contribution in [0.4, 0.5) is 0 Å². The lowest BCUT2D eigenvalue weighted by Crippen LogP contribution is -2.21. The van der Waals surface area contributed by atoms with Crippen LogP contribution in [0.2, 0.25) is 5.28 Å². The quantitative estimate of drug-likeness (QED) is 0.569. The average Bonchev–Trinajstić information content (AvgIpc) is 2.41. The van der Waals surface area contributed by atoms with Crippen molar-refractivity contribution in [3.63, 3.8) is 0 Å². The van der Waals surface area contributed by atoms with Gasteiger partial charge in [-0.2, -0.15) is 0 Å². The van der Waals surface area contributed by atoms with Crippen molar-refractivity contribution in [2.45, 2.75) is 15.8 Å². The maximum atomic E-state index is 10.8. The summed E-state index contributed by atoms with van der Waals surface area (Å²) in [6, 6.07) is 21.0. The average molecular weight is 252 g/mol. The summed E-state index contributed by atoms with van der Waals surface area (Å²) in [5.74, 6) is 0. The Bertz CT molecular complexity index is 425. The topological polar surface area (TPSA) is 17.1 Å². The molecule has 2 aromatic carbocycles. The number of carbonyl (C=O) groups excluding carboxylic acids is 1. The minimum Gasteiger partial charge on any atom is -0.305 e. The van der Waals surface area contributed by atoms with Gasteiger partial charge >= 0.3 is 0 Å². The summed E-state index contributed by atoms with van der Waals surface area (Å²) in [5.41, 5.74) is 2.74. The monoisotopic (exact) mass is 252 g/mol. The van der Waals surface area contributed by atoms with E-state index in [1.165, 1.54) is 11.1 Å². The fraction of sp³-hybridized carbons (Fsp3) is 0.188. The number of hydrogen-bond acceptors (Lipinski definition) is 1. The zero-order chi connectivity index (χ0) is 12.6. The van der Waals surface area contributed by atoms with Gasteiger partial charge in [-0.25, -0.2) is 0 Å². The standard InChI is InChI=1S/2C7H7.C2H3O.Al/c2*1-7-5-3-2-4-6-7;1-2-3;/h2*2-6H,1H2;2H,1H2;. The molecule has 0 radical (unpaired) electrons. The Morgan fingerprint density at radius 3 is 1.61 bits per heavy atom. The van der Waals surface area contributed by atoms with Gasteiger partial charge in [0.25, 0.3) is 14.1 Å². The summed E-state index contributed by atoms with van der Waals surface area (Å²) in [4.78, 5) is 10.8. The molecule has 2 heteroatoms. The van der Waals surface area contributed by atoms with E-state index in [1.807, 2.05) is 12.1 Å². The van der Waals surface area contributed by atoms with Crippen molar-refractivity contribution in [3.05, 3.63) is 71.8 Å². The summed E-state index contributed by atoms with van der Waals surface area (Å²) < 4.78 is 0. The zero-order valence-electron chi connectivity index (χ0n) is 10.5. The molecule has 0 aromatic heterocycles. The lowest BCUT2D eigenvalue weighted by atomic mass is 10.2. The third-order valence-electron chi connectivity index (χ3n) is 3.16. The Hall–Kier alpha value is -1.36. The van der Waals surface area contributed by atoms with Crippen LogP contribution in [0.25, 0.3) is 0 Å². The first-order valence-electron chi connectivity index (χ1n) is 6.40. The highest BCUT2D eigenvalue weighted by atomic mass is 27.2. The molecular formula is C16H17AlO. The first-order chi connectivity index (χ1) is 8.88. The molecule has 0 spiro atoms. The van der Waals surface area contributed by atoms with Crippen LogP contribution in [0.5, 0.6) is 0 Å². The molecule has 0 bridgehead atoms. The molecule has 2 aromatic rings. The molecule has 0 amide bonds. The second-order valence-electron chi connectivity index (χ2n) is 4.65. The van der Waals surface area contributed by atoms with Crippen LogP contribution in [0.3, 0.4) is 0 Å². The molecule has 90 valence electrons. The molecule has 0 saturated carbocycles.